The molecule has 0 N–H and O–H groups in total. The Balaban J connectivity index is 1.46. The van der Waals surface area contributed by atoms with Gasteiger partial charge >= 0.3 is 6.09 Å². The van der Waals surface area contributed by atoms with E-state index in [1.165, 1.54) is 0 Å². The van der Waals surface area contributed by atoms with Crippen molar-refractivity contribution in [1.29, 1.82) is 5.26 Å². The average Bonchev–Trinajstić information content (AvgIpc) is 3.16. The highest BCUT2D eigenvalue weighted by atomic mass is 16.6. The van der Waals surface area contributed by atoms with Crippen LogP contribution in [0.4, 0.5) is 10.5 Å². The van der Waals surface area contributed by atoms with E-state index in [4.69, 9.17) is 4.74 Å². The van der Waals surface area contributed by atoms with Gasteiger partial charge in [0.25, 0.3) is 0 Å². The van der Waals surface area contributed by atoms with Crippen molar-refractivity contribution < 1.29 is 9.53 Å². The molecule has 1 aromatic carbocycles. The fourth-order valence-electron chi connectivity index (χ4n) is 3.07. The molecule has 2 fully saturated rings. The molecular weight excluding hydrogens is 306 g/mol. The molecule has 0 spiro atoms. The fourth-order valence-corrected chi connectivity index (χ4v) is 3.07. The normalized spacial score (nSPS) is 21.4. The Bertz CT molecular complexity index is 816. The smallest absolute Gasteiger partial charge is 0.414 e. The van der Waals surface area contributed by atoms with Gasteiger partial charge in [0.15, 0.2) is 0 Å². The molecule has 122 valence electrons. The van der Waals surface area contributed by atoms with Crippen molar-refractivity contribution in [2.24, 2.45) is 0 Å². The van der Waals surface area contributed by atoms with Gasteiger partial charge in [0, 0.05) is 11.9 Å². The topological polar surface area (TPSA) is 84.0 Å². The number of hydrogen-bond donors (Lipinski definition) is 0. The van der Waals surface area contributed by atoms with E-state index in [1.54, 1.807) is 9.58 Å². The molecule has 1 aromatic heterocycles. The Morgan fingerprint density at radius 1 is 1.38 bits per heavy atom. The average molecular weight is 323 g/mol. The van der Waals surface area contributed by atoms with Crippen molar-refractivity contribution in [2.45, 2.75) is 37.8 Å². The van der Waals surface area contributed by atoms with Crippen molar-refractivity contribution in [1.82, 2.24) is 15.0 Å². The predicted octanol–water partition coefficient (Wildman–Crippen LogP) is 2.17. The third-order valence-corrected chi connectivity index (χ3v) is 4.61. The summed E-state index contributed by atoms with van der Waals surface area (Å²) in [6, 6.07) is 10.0. The Morgan fingerprint density at radius 2 is 2.12 bits per heavy atom. The monoisotopic (exact) mass is 323 g/mol. The molecule has 24 heavy (non-hydrogen) atoms. The molecule has 1 saturated heterocycles. The summed E-state index contributed by atoms with van der Waals surface area (Å²) >= 11 is 0. The zero-order valence-electron chi connectivity index (χ0n) is 13.3. The first-order valence-corrected chi connectivity index (χ1v) is 7.96. The van der Waals surface area contributed by atoms with Crippen LogP contribution in [0.2, 0.25) is 0 Å². The number of ether oxygens (including phenoxy) is 1. The van der Waals surface area contributed by atoms with E-state index in [-0.39, 0.29) is 17.6 Å². The van der Waals surface area contributed by atoms with Crippen LogP contribution in [0.15, 0.2) is 30.5 Å². The van der Waals surface area contributed by atoms with E-state index in [9.17, 15) is 10.1 Å². The van der Waals surface area contributed by atoms with Gasteiger partial charge in [-0.05, 0) is 37.5 Å². The van der Waals surface area contributed by atoms with Crippen LogP contribution in [0.3, 0.4) is 0 Å². The number of hydrogen-bond acceptors (Lipinski definition) is 5. The second-order valence-corrected chi connectivity index (χ2v) is 6.44. The summed E-state index contributed by atoms with van der Waals surface area (Å²) < 4.78 is 7.10. The van der Waals surface area contributed by atoms with Gasteiger partial charge in [0.1, 0.15) is 6.10 Å². The van der Waals surface area contributed by atoms with Gasteiger partial charge in [-0.15, -0.1) is 5.10 Å². The number of nitriles is 1. The quantitative estimate of drug-likeness (QED) is 0.861. The van der Waals surface area contributed by atoms with Gasteiger partial charge in [-0.25, -0.2) is 9.48 Å². The van der Waals surface area contributed by atoms with Crippen molar-refractivity contribution in [3.05, 3.63) is 41.7 Å². The molecule has 0 bridgehead atoms. The Hall–Kier alpha value is -2.88. The molecule has 1 aliphatic carbocycles. The lowest BCUT2D eigenvalue weighted by Crippen LogP contribution is -2.26. The summed E-state index contributed by atoms with van der Waals surface area (Å²) in [6.07, 6.45) is 3.03. The largest absolute Gasteiger partial charge is 0.442 e. The van der Waals surface area contributed by atoms with Crippen molar-refractivity contribution >= 4 is 11.8 Å². The lowest BCUT2D eigenvalue weighted by molar-refractivity contribution is 0.129. The molecule has 1 amide bonds. The van der Waals surface area contributed by atoms with E-state index >= 15 is 0 Å². The van der Waals surface area contributed by atoms with Crippen molar-refractivity contribution in [3.8, 4) is 6.07 Å². The van der Waals surface area contributed by atoms with Gasteiger partial charge in [0.05, 0.1) is 30.3 Å². The summed E-state index contributed by atoms with van der Waals surface area (Å²) in [4.78, 5) is 13.8. The van der Waals surface area contributed by atoms with Gasteiger partial charge in [-0.2, -0.15) is 5.26 Å². The molecule has 7 nitrogen and oxygen atoms in total. The molecule has 1 saturated carbocycles. The number of carbonyl (C=O) groups is 1. The van der Waals surface area contributed by atoms with Crippen LogP contribution >= 0.6 is 0 Å². The number of benzene rings is 1. The van der Waals surface area contributed by atoms with Crippen molar-refractivity contribution in [3.63, 3.8) is 0 Å². The molecule has 7 heteroatoms. The minimum atomic E-state index is -0.356. The molecule has 1 aliphatic heterocycles. The fraction of sp³-hybridized carbons (Fsp3) is 0.412. The molecule has 4 rings (SSSR count). The van der Waals surface area contributed by atoms with E-state index in [0.717, 1.165) is 29.8 Å². The number of amides is 1. The first-order valence-electron chi connectivity index (χ1n) is 7.96. The van der Waals surface area contributed by atoms with Crippen LogP contribution in [-0.2, 0) is 16.7 Å². The molecule has 1 unspecified atom stereocenters. The lowest BCUT2D eigenvalue weighted by Gasteiger charge is -2.14. The van der Waals surface area contributed by atoms with Crippen LogP contribution in [0.5, 0.6) is 0 Å². The van der Waals surface area contributed by atoms with Gasteiger partial charge < -0.3 is 4.74 Å². The molecule has 2 heterocycles. The van der Waals surface area contributed by atoms with E-state index in [2.05, 4.69) is 16.4 Å². The highest BCUT2D eigenvalue weighted by Gasteiger charge is 2.45. The maximum absolute atomic E-state index is 12.1. The van der Waals surface area contributed by atoms with Crippen LogP contribution in [0.25, 0.3) is 0 Å². The molecule has 0 radical (unpaired) electrons. The predicted molar refractivity (Wildman–Crippen MR) is 85.3 cm³/mol. The van der Waals surface area contributed by atoms with Crippen molar-refractivity contribution in [2.75, 3.05) is 11.4 Å². The lowest BCUT2D eigenvalue weighted by atomic mass is 9.97. The molecule has 2 aliphatic rings. The van der Waals surface area contributed by atoms with Crippen LogP contribution in [0, 0.1) is 18.3 Å². The number of aromatic nitrogens is 3. The summed E-state index contributed by atoms with van der Waals surface area (Å²) in [5.41, 5.74) is 2.33. The molecule has 2 aromatic rings. The Morgan fingerprint density at radius 3 is 2.71 bits per heavy atom. The van der Waals surface area contributed by atoms with E-state index in [1.807, 2.05) is 37.4 Å². The van der Waals surface area contributed by atoms with Crippen LogP contribution in [0.1, 0.15) is 24.1 Å². The number of rotatable bonds is 4. The second-order valence-electron chi connectivity index (χ2n) is 6.44. The van der Waals surface area contributed by atoms with Gasteiger partial charge in [-0.1, -0.05) is 17.3 Å². The third kappa shape index (κ3) is 2.50. The second kappa shape index (κ2) is 5.34. The first kappa shape index (κ1) is 14.7. The maximum atomic E-state index is 12.1. The number of anilines is 1. The maximum Gasteiger partial charge on any atom is 0.414 e. The van der Waals surface area contributed by atoms with Crippen LogP contribution in [-0.4, -0.2) is 33.7 Å². The molecular formula is C17H17N5O2. The summed E-state index contributed by atoms with van der Waals surface area (Å²) in [6.45, 7) is 2.82. The summed E-state index contributed by atoms with van der Waals surface area (Å²) in [5.74, 6) is 0. The zero-order valence-corrected chi connectivity index (χ0v) is 13.3. The minimum Gasteiger partial charge on any atom is -0.442 e. The van der Waals surface area contributed by atoms with E-state index in [0.29, 0.717) is 13.1 Å². The third-order valence-electron chi connectivity index (χ3n) is 4.61. The summed E-state index contributed by atoms with van der Waals surface area (Å²) in [7, 11) is 0. The van der Waals surface area contributed by atoms with E-state index < -0.39 is 0 Å². The number of carbonyl (C=O) groups excluding carboxylic acids is 1. The first-order chi connectivity index (χ1) is 11.6. The zero-order chi connectivity index (χ0) is 16.7. The number of nitrogens with zero attached hydrogens (tertiary/aromatic N) is 5. The van der Waals surface area contributed by atoms with Crippen LogP contribution < -0.4 is 4.90 Å². The SMILES string of the molecule is Cc1cn(CC2CN(c3ccc(C4(C#N)CC4)cc3)C(=O)O2)nn1. The van der Waals surface area contributed by atoms with Gasteiger partial charge in [0.2, 0.25) is 0 Å². The van der Waals surface area contributed by atoms with Gasteiger partial charge in [-0.3, -0.25) is 4.90 Å². The Kier molecular flexibility index (Phi) is 3.27. The number of aryl methyl sites for hydroxylation is 1. The summed E-state index contributed by atoms with van der Waals surface area (Å²) in [5, 5.41) is 17.2. The highest BCUT2D eigenvalue weighted by molar-refractivity contribution is 5.89. The Labute approximate surface area is 139 Å². The minimum absolute atomic E-state index is 0.257. The number of cyclic esters (lactones) is 1. The molecule has 1 atom stereocenters. The standard InChI is InChI=1S/C17H17N5O2/c1-12-8-21(20-19-12)9-15-10-22(16(23)24-15)14-4-2-13(3-5-14)17(11-18)6-7-17/h2-5,8,15H,6-7,9-10H2,1H3. The highest BCUT2D eigenvalue weighted by Crippen LogP contribution is 2.47.